The first kappa shape index (κ1) is 20.6. The molecule has 0 radical (unpaired) electrons. The van der Waals surface area contributed by atoms with Crippen molar-refractivity contribution in [3.8, 4) is 0 Å². The van der Waals surface area contributed by atoms with E-state index in [2.05, 4.69) is 9.88 Å². The SMILES string of the molecule is CCN(CCO)Cc1cnc(S(=O)(=O)CC(C)C)n1Cc1ccccc1. The van der Waals surface area contributed by atoms with Crippen LogP contribution in [0, 0.1) is 5.92 Å². The van der Waals surface area contributed by atoms with E-state index >= 15 is 0 Å². The van der Waals surface area contributed by atoms with Crippen molar-refractivity contribution < 1.29 is 13.5 Å². The van der Waals surface area contributed by atoms with E-state index in [-0.39, 0.29) is 23.4 Å². The van der Waals surface area contributed by atoms with Gasteiger partial charge in [0.1, 0.15) is 0 Å². The van der Waals surface area contributed by atoms with E-state index in [1.807, 2.05) is 51.1 Å². The molecular formula is C19H29N3O3S. The number of aliphatic hydroxyl groups excluding tert-OH is 1. The van der Waals surface area contributed by atoms with Gasteiger partial charge in [-0.3, -0.25) is 4.90 Å². The van der Waals surface area contributed by atoms with Crippen molar-refractivity contribution >= 4 is 9.84 Å². The molecule has 7 heteroatoms. The van der Waals surface area contributed by atoms with Crippen LogP contribution >= 0.6 is 0 Å². The third kappa shape index (κ3) is 5.40. The summed E-state index contributed by atoms with van der Waals surface area (Å²) in [7, 11) is -3.46. The fraction of sp³-hybridized carbons (Fsp3) is 0.526. The summed E-state index contributed by atoms with van der Waals surface area (Å²) in [5.74, 6) is 0.110. The molecular weight excluding hydrogens is 350 g/mol. The number of nitrogens with zero attached hydrogens (tertiary/aromatic N) is 3. The predicted octanol–water partition coefficient (Wildman–Crippen LogP) is 2.18. The van der Waals surface area contributed by atoms with Gasteiger partial charge < -0.3 is 9.67 Å². The van der Waals surface area contributed by atoms with E-state index in [0.717, 1.165) is 17.8 Å². The molecule has 0 aliphatic heterocycles. The minimum atomic E-state index is -3.46. The second-order valence-electron chi connectivity index (χ2n) is 6.87. The van der Waals surface area contributed by atoms with Crippen LogP contribution in [-0.2, 0) is 22.9 Å². The van der Waals surface area contributed by atoms with Crippen molar-refractivity contribution in [2.75, 3.05) is 25.4 Å². The summed E-state index contributed by atoms with van der Waals surface area (Å²) in [6.45, 7) is 8.19. The Hall–Kier alpha value is -1.70. The summed E-state index contributed by atoms with van der Waals surface area (Å²) in [6.07, 6.45) is 1.65. The van der Waals surface area contributed by atoms with Gasteiger partial charge in [0.25, 0.3) is 0 Å². The number of likely N-dealkylation sites (N-methyl/N-ethyl adjacent to an activating group) is 1. The van der Waals surface area contributed by atoms with Gasteiger partial charge in [0.2, 0.25) is 15.0 Å². The molecule has 2 rings (SSSR count). The van der Waals surface area contributed by atoms with Gasteiger partial charge in [-0.25, -0.2) is 13.4 Å². The topological polar surface area (TPSA) is 75.4 Å². The van der Waals surface area contributed by atoms with E-state index < -0.39 is 9.84 Å². The summed E-state index contributed by atoms with van der Waals surface area (Å²) in [5, 5.41) is 9.35. The molecule has 0 fully saturated rings. The fourth-order valence-electron chi connectivity index (χ4n) is 2.93. The first-order valence-corrected chi connectivity index (χ1v) is 10.7. The van der Waals surface area contributed by atoms with Crippen LogP contribution < -0.4 is 0 Å². The molecule has 0 bridgehead atoms. The average molecular weight is 380 g/mol. The highest BCUT2D eigenvalue weighted by Crippen LogP contribution is 2.19. The van der Waals surface area contributed by atoms with Crippen molar-refractivity contribution in [1.82, 2.24) is 14.5 Å². The molecule has 0 aliphatic carbocycles. The molecule has 1 aromatic heterocycles. The Bertz CT molecular complexity index is 786. The first-order chi connectivity index (χ1) is 12.4. The number of imidazole rings is 1. The van der Waals surface area contributed by atoms with Crippen LogP contribution in [0.15, 0.2) is 41.7 Å². The minimum Gasteiger partial charge on any atom is -0.395 e. The molecule has 26 heavy (non-hydrogen) atoms. The number of sulfone groups is 1. The first-order valence-electron chi connectivity index (χ1n) is 9.01. The Labute approximate surface area is 156 Å². The summed E-state index contributed by atoms with van der Waals surface area (Å²) in [5.41, 5.74) is 1.87. The van der Waals surface area contributed by atoms with Crippen molar-refractivity contribution in [3.05, 3.63) is 47.8 Å². The van der Waals surface area contributed by atoms with Crippen LogP contribution in [0.5, 0.6) is 0 Å². The maximum Gasteiger partial charge on any atom is 0.228 e. The molecule has 0 saturated heterocycles. The van der Waals surface area contributed by atoms with Crippen LogP contribution in [0.1, 0.15) is 32.0 Å². The number of rotatable bonds is 10. The lowest BCUT2D eigenvalue weighted by Crippen LogP contribution is -2.28. The molecule has 0 aliphatic rings. The highest BCUT2D eigenvalue weighted by Gasteiger charge is 2.25. The maximum absolute atomic E-state index is 12.8. The molecule has 0 unspecified atom stereocenters. The number of hydrogen-bond donors (Lipinski definition) is 1. The normalized spacial score (nSPS) is 12.2. The molecule has 0 spiro atoms. The molecule has 1 N–H and O–H groups in total. The minimum absolute atomic E-state index is 0.0341. The quantitative estimate of drug-likeness (QED) is 0.685. The molecule has 0 atom stereocenters. The fourth-order valence-corrected chi connectivity index (χ4v) is 4.69. The highest BCUT2D eigenvalue weighted by molar-refractivity contribution is 7.91. The predicted molar refractivity (Wildman–Crippen MR) is 103 cm³/mol. The lowest BCUT2D eigenvalue weighted by molar-refractivity contribution is 0.193. The monoisotopic (exact) mass is 379 g/mol. The molecule has 0 saturated carbocycles. The van der Waals surface area contributed by atoms with Crippen molar-refractivity contribution in [2.24, 2.45) is 5.92 Å². The van der Waals surface area contributed by atoms with Gasteiger partial charge in [0.15, 0.2) is 0 Å². The average Bonchev–Trinajstić information content (AvgIpc) is 2.97. The molecule has 144 valence electrons. The number of benzene rings is 1. The molecule has 1 aromatic carbocycles. The van der Waals surface area contributed by atoms with Gasteiger partial charge in [0.05, 0.1) is 30.8 Å². The number of aromatic nitrogens is 2. The Morgan fingerprint density at radius 2 is 1.92 bits per heavy atom. The Morgan fingerprint density at radius 1 is 1.23 bits per heavy atom. The highest BCUT2D eigenvalue weighted by atomic mass is 32.2. The summed E-state index contributed by atoms with van der Waals surface area (Å²) in [4.78, 5) is 6.34. The van der Waals surface area contributed by atoms with Gasteiger partial charge >= 0.3 is 0 Å². The lowest BCUT2D eigenvalue weighted by Gasteiger charge is -2.20. The smallest absolute Gasteiger partial charge is 0.228 e. The molecule has 1 heterocycles. The van der Waals surface area contributed by atoms with Crippen LogP contribution in [0.2, 0.25) is 0 Å². The van der Waals surface area contributed by atoms with Crippen molar-refractivity contribution in [2.45, 2.75) is 39.0 Å². The molecule has 0 amide bonds. The van der Waals surface area contributed by atoms with Crippen molar-refractivity contribution in [1.29, 1.82) is 0 Å². The summed E-state index contributed by atoms with van der Waals surface area (Å²) < 4.78 is 27.4. The second-order valence-corrected chi connectivity index (χ2v) is 8.80. The summed E-state index contributed by atoms with van der Waals surface area (Å²) in [6, 6.07) is 9.79. The Kier molecular flexibility index (Phi) is 7.37. The van der Waals surface area contributed by atoms with Crippen LogP contribution in [0.4, 0.5) is 0 Å². The largest absolute Gasteiger partial charge is 0.395 e. The Morgan fingerprint density at radius 3 is 2.50 bits per heavy atom. The second kappa shape index (κ2) is 9.30. The van der Waals surface area contributed by atoms with Gasteiger partial charge in [-0.05, 0) is 18.0 Å². The molecule has 6 nitrogen and oxygen atoms in total. The van der Waals surface area contributed by atoms with Crippen molar-refractivity contribution in [3.63, 3.8) is 0 Å². The van der Waals surface area contributed by atoms with E-state index in [1.165, 1.54) is 0 Å². The van der Waals surface area contributed by atoms with Crippen LogP contribution in [-0.4, -0.2) is 53.4 Å². The zero-order chi connectivity index (χ0) is 19.2. The lowest BCUT2D eigenvalue weighted by atomic mass is 10.2. The van der Waals surface area contributed by atoms with E-state index in [1.54, 1.807) is 10.8 Å². The maximum atomic E-state index is 12.8. The van der Waals surface area contributed by atoms with E-state index in [4.69, 9.17) is 0 Å². The van der Waals surface area contributed by atoms with Gasteiger partial charge in [-0.1, -0.05) is 51.1 Å². The molecule has 2 aromatic rings. The van der Waals surface area contributed by atoms with Gasteiger partial charge in [0, 0.05) is 13.1 Å². The van der Waals surface area contributed by atoms with E-state index in [9.17, 15) is 13.5 Å². The van der Waals surface area contributed by atoms with Gasteiger partial charge in [-0.2, -0.15) is 0 Å². The zero-order valence-corrected chi connectivity index (χ0v) is 16.6. The van der Waals surface area contributed by atoms with Crippen LogP contribution in [0.25, 0.3) is 0 Å². The standard InChI is InChI=1S/C19H29N3O3S/c1-4-21(10-11-23)14-18-12-20-19(26(24,25)15-16(2)3)22(18)13-17-8-6-5-7-9-17/h5-9,12,16,23H,4,10-11,13-15H2,1-3H3. The zero-order valence-electron chi connectivity index (χ0n) is 15.8. The van der Waals surface area contributed by atoms with E-state index in [0.29, 0.717) is 19.6 Å². The third-order valence-corrected chi connectivity index (χ3v) is 6.15. The number of hydrogen-bond acceptors (Lipinski definition) is 5. The number of aliphatic hydroxyl groups is 1. The van der Waals surface area contributed by atoms with Gasteiger partial charge in [-0.15, -0.1) is 0 Å². The Balaban J connectivity index is 2.42. The van der Waals surface area contributed by atoms with Crippen LogP contribution in [0.3, 0.4) is 0 Å². The third-order valence-electron chi connectivity index (χ3n) is 4.17. The summed E-state index contributed by atoms with van der Waals surface area (Å²) >= 11 is 0.